The number of carboxylic acid groups (broad SMARTS) is 2. The Kier molecular flexibility index (Phi) is 3.87. The highest BCUT2D eigenvalue weighted by Crippen LogP contribution is 2.06. The maximum Gasteiger partial charge on any atom is 0.320 e. The van der Waals surface area contributed by atoms with Gasteiger partial charge in [0.1, 0.15) is 8.84 Å². The molecule has 0 bridgehead atoms. The molecule has 0 fully saturated rings. The van der Waals surface area contributed by atoms with E-state index in [0.717, 1.165) is 0 Å². The molecule has 0 aromatic carbocycles. The van der Waals surface area contributed by atoms with Crippen LogP contribution < -0.4 is 11.5 Å². The molecule has 6 heteroatoms. The molecule has 15 heavy (non-hydrogen) atoms. The molecule has 0 aromatic rings. The van der Waals surface area contributed by atoms with E-state index >= 15 is 0 Å². The maximum atomic E-state index is 10.9. The molecular formula is C9H18N2O4. The van der Waals surface area contributed by atoms with Crippen molar-refractivity contribution in [3.63, 3.8) is 0 Å². The molecule has 6 N–H and O–H groups in total. The van der Waals surface area contributed by atoms with Crippen molar-refractivity contribution in [1.82, 2.24) is 0 Å². The fraction of sp³-hybridized carbons (Fsp3) is 0.778. The zero-order chi connectivity index (χ0) is 15.2. The van der Waals surface area contributed by atoms with Crippen LogP contribution in [0.25, 0.3) is 0 Å². The lowest BCUT2D eigenvalue weighted by molar-refractivity contribution is -0.139. The largest absolute Gasteiger partial charge is 0.481 e. The fourth-order valence-corrected chi connectivity index (χ4v) is 0.975. The Morgan fingerprint density at radius 3 is 2.60 bits per heavy atom. The first-order valence-electron chi connectivity index (χ1n) is 6.50. The molecule has 0 amide bonds. The molecule has 0 aliphatic carbocycles. The van der Waals surface area contributed by atoms with Crippen LogP contribution in [-0.4, -0.2) is 34.2 Å². The van der Waals surface area contributed by atoms with Crippen molar-refractivity contribution in [3.8, 4) is 0 Å². The second-order valence-electron chi connectivity index (χ2n) is 3.16. The van der Waals surface area contributed by atoms with Gasteiger partial charge in [0.25, 0.3) is 0 Å². The minimum atomic E-state index is -2.69. The summed E-state index contributed by atoms with van der Waals surface area (Å²) in [5, 5.41) is 17.3. The quantitative estimate of drug-likeness (QED) is 0.426. The highest BCUT2D eigenvalue weighted by Gasteiger charge is 2.12. The van der Waals surface area contributed by atoms with Crippen molar-refractivity contribution in [2.24, 2.45) is 11.5 Å². The van der Waals surface area contributed by atoms with E-state index in [4.69, 9.17) is 21.5 Å². The SMILES string of the molecule is [2H]C(CCC(N)CCC(=O)O)[C@@]([2H])(C(=O)O)N([2H])[2H]. The summed E-state index contributed by atoms with van der Waals surface area (Å²) in [6.45, 7) is 0. The minimum absolute atomic E-state index is 0.106. The summed E-state index contributed by atoms with van der Waals surface area (Å²) in [5.74, 6) is -2.75. The summed E-state index contributed by atoms with van der Waals surface area (Å²) in [6, 6.07) is -3.21. The van der Waals surface area contributed by atoms with Gasteiger partial charge in [-0.15, -0.1) is 0 Å². The van der Waals surface area contributed by atoms with Gasteiger partial charge < -0.3 is 21.7 Å². The molecule has 0 radical (unpaired) electrons. The molecule has 2 unspecified atom stereocenters. The van der Waals surface area contributed by atoms with Crippen LogP contribution in [0.5, 0.6) is 0 Å². The Bertz CT molecular complexity index is 331. The van der Waals surface area contributed by atoms with Crippen LogP contribution in [-0.2, 0) is 9.59 Å². The van der Waals surface area contributed by atoms with E-state index in [1.54, 1.807) is 0 Å². The third-order valence-corrected chi connectivity index (χ3v) is 1.82. The summed E-state index contributed by atoms with van der Waals surface area (Å²) in [5.41, 5.74) is 5.28. The molecule has 88 valence electrons. The molecule has 6 nitrogen and oxygen atoms in total. The van der Waals surface area contributed by atoms with Gasteiger partial charge in [-0.3, -0.25) is 9.59 Å². The van der Waals surface area contributed by atoms with Crippen molar-refractivity contribution < 1.29 is 25.4 Å². The normalized spacial score (nSPS) is 22.8. The first-order chi connectivity index (χ1) is 8.62. The number of hydrogen-bond acceptors (Lipinski definition) is 4. The number of carboxylic acids is 2. The van der Waals surface area contributed by atoms with Crippen molar-refractivity contribution in [1.29, 1.82) is 0 Å². The van der Waals surface area contributed by atoms with Crippen LogP contribution in [0.1, 0.15) is 34.8 Å². The Balaban J connectivity index is 4.39. The van der Waals surface area contributed by atoms with Crippen LogP contribution in [0, 0.1) is 0 Å². The molecule has 3 atom stereocenters. The molecule has 0 heterocycles. The summed E-state index contributed by atoms with van der Waals surface area (Å²) in [4.78, 5) is 21.2. The number of nitrogens with two attached hydrogens (primary N) is 2. The van der Waals surface area contributed by atoms with Gasteiger partial charge in [0.15, 0.2) is 0 Å². The standard InChI is InChI=1S/C9H18N2O4/c10-6(4-5-8(12)13)2-1-3-7(11)9(14)15/h6-7H,1-5,10-11H2,(H,12,13)(H,14,15)/t6?,7-/m0/s1/i3D,7D/hD2/t3?,6?,7-. The lowest BCUT2D eigenvalue weighted by Gasteiger charge is -2.11. The average Bonchev–Trinajstić information content (AvgIpc) is 2.31. The van der Waals surface area contributed by atoms with Gasteiger partial charge in [-0.1, -0.05) is 0 Å². The molecule has 0 saturated heterocycles. The Morgan fingerprint density at radius 1 is 1.47 bits per heavy atom. The number of aliphatic carboxylic acids is 2. The Hall–Kier alpha value is -1.14. The maximum absolute atomic E-state index is 10.9. The van der Waals surface area contributed by atoms with Gasteiger partial charge in [0, 0.05) is 13.8 Å². The summed E-state index contributed by atoms with van der Waals surface area (Å²) < 4.78 is 28.9. The average molecular weight is 222 g/mol. The summed E-state index contributed by atoms with van der Waals surface area (Å²) in [7, 11) is 0. The van der Waals surface area contributed by atoms with E-state index in [9.17, 15) is 9.59 Å². The molecule has 0 aliphatic rings. The van der Waals surface area contributed by atoms with Gasteiger partial charge in [-0.05, 0) is 25.7 Å². The van der Waals surface area contributed by atoms with Crippen LogP contribution in [0.4, 0.5) is 0 Å². The predicted molar refractivity (Wildman–Crippen MR) is 54.3 cm³/mol. The molecular weight excluding hydrogens is 200 g/mol. The van der Waals surface area contributed by atoms with Crippen LogP contribution >= 0.6 is 0 Å². The molecule has 0 rings (SSSR count). The third-order valence-electron chi connectivity index (χ3n) is 1.82. The van der Waals surface area contributed by atoms with E-state index in [2.05, 4.69) is 0 Å². The predicted octanol–water partition coefficient (Wildman–Crippen LogP) is -0.239. The second kappa shape index (κ2) is 7.19. The highest BCUT2D eigenvalue weighted by molar-refractivity contribution is 5.72. The molecule has 0 aromatic heterocycles. The summed E-state index contributed by atoms with van der Waals surface area (Å²) >= 11 is 0. The highest BCUT2D eigenvalue weighted by atomic mass is 16.4. The molecule has 0 aliphatic heterocycles. The smallest absolute Gasteiger partial charge is 0.320 e. The van der Waals surface area contributed by atoms with E-state index in [1.165, 1.54) is 0 Å². The number of rotatable bonds is 9. The first kappa shape index (κ1) is 8.06. The van der Waals surface area contributed by atoms with E-state index in [0.29, 0.717) is 0 Å². The first-order valence-corrected chi connectivity index (χ1v) is 4.53. The van der Waals surface area contributed by atoms with E-state index in [1.807, 2.05) is 0 Å². The number of carbonyl (C=O) groups is 2. The van der Waals surface area contributed by atoms with Crippen LogP contribution in [0.15, 0.2) is 0 Å². The zero-order valence-electron chi connectivity index (χ0n) is 12.2. The topological polar surface area (TPSA) is 127 Å². The third kappa shape index (κ3) is 7.90. The van der Waals surface area contributed by atoms with Crippen molar-refractivity contribution >= 4 is 11.9 Å². The van der Waals surface area contributed by atoms with Crippen molar-refractivity contribution in [3.05, 3.63) is 0 Å². The van der Waals surface area contributed by atoms with Gasteiger partial charge in [-0.25, -0.2) is 0 Å². The Morgan fingerprint density at radius 2 is 2.13 bits per heavy atom. The lowest BCUT2D eigenvalue weighted by atomic mass is 10.0. The van der Waals surface area contributed by atoms with Gasteiger partial charge in [0.2, 0.25) is 0 Å². The van der Waals surface area contributed by atoms with Gasteiger partial charge in [-0.2, -0.15) is 0 Å². The van der Waals surface area contributed by atoms with Gasteiger partial charge >= 0.3 is 11.9 Å². The number of hydrogen-bond donors (Lipinski definition) is 4. The van der Waals surface area contributed by atoms with Crippen molar-refractivity contribution in [2.75, 3.05) is 0 Å². The van der Waals surface area contributed by atoms with Crippen molar-refractivity contribution in [2.45, 2.75) is 44.1 Å². The molecule has 0 saturated carbocycles. The Labute approximate surface area is 94.0 Å². The lowest BCUT2D eigenvalue weighted by Crippen LogP contribution is -2.30. The second-order valence-corrected chi connectivity index (χ2v) is 3.16. The summed E-state index contributed by atoms with van der Waals surface area (Å²) in [6.07, 6.45) is -1.42. The van der Waals surface area contributed by atoms with Gasteiger partial charge in [0.05, 0.1) is 1.37 Å². The zero-order valence-corrected chi connectivity index (χ0v) is 8.22. The van der Waals surface area contributed by atoms with Crippen LogP contribution in [0.2, 0.25) is 2.82 Å². The minimum Gasteiger partial charge on any atom is -0.481 e. The fourth-order valence-electron chi connectivity index (χ4n) is 0.975. The van der Waals surface area contributed by atoms with E-state index < -0.39 is 30.4 Å². The van der Waals surface area contributed by atoms with Crippen LogP contribution in [0.3, 0.4) is 0 Å². The monoisotopic (exact) mass is 222 g/mol. The van der Waals surface area contributed by atoms with E-state index in [-0.39, 0.29) is 31.4 Å². The molecule has 0 spiro atoms.